The highest BCUT2D eigenvalue weighted by Crippen LogP contribution is 2.39. The van der Waals surface area contributed by atoms with Crippen molar-refractivity contribution < 1.29 is 19.0 Å². The molecule has 4 nitrogen and oxygen atoms in total. The molecule has 0 saturated carbocycles. The second-order valence-electron chi connectivity index (χ2n) is 3.12. The van der Waals surface area contributed by atoms with Crippen LogP contribution in [0.1, 0.15) is 11.6 Å². The number of ether oxygens (including phenoxy) is 2. The predicted molar refractivity (Wildman–Crippen MR) is 58.5 cm³/mol. The van der Waals surface area contributed by atoms with Crippen molar-refractivity contribution in [2.24, 2.45) is 5.73 Å². The molecular weight excluding hydrogens is 237 g/mol. The van der Waals surface area contributed by atoms with E-state index < -0.39 is 11.9 Å². The molecule has 1 rings (SSSR count). The maximum atomic E-state index is 13.7. The summed E-state index contributed by atoms with van der Waals surface area (Å²) in [4.78, 5) is 0. The Bertz CT molecular complexity index is 387. The number of rotatable bonds is 4. The third-order valence-electron chi connectivity index (χ3n) is 2.18. The van der Waals surface area contributed by atoms with Gasteiger partial charge >= 0.3 is 0 Å². The lowest BCUT2D eigenvalue weighted by atomic mass is 10.1. The van der Waals surface area contributed by atoms with Gasteiger partial charge in [-0.2, -0.15) is 0 Å². The molecule has 3 N–H and O–H groups in total. The van der Waals surface area contributed by atoms with Crippen LogP contribution in [0, 0.1) is 5.82 Å². The summed E-state index contributed by atoms with van der Waals surface area (Å²) in [6, 6.07) is 0.512. The molecule has 0 aliphatic carbocycles. The standard InChI is InChI=1S/C10H13ClFNO3/c1-15-7-3-5(6(13)4-14)9(12)8(11)10(7)16-2/h3,6,14H,4,13H2,1-2H3. The van der Waals surface area contributed by atoms with Crippen LogP contribution in [0.5, 0.6) is 11.5 Å². The van der Waals surface area contributed by atoms with Crippen LogP contribution in [0.2, 0.25) is 5.02 Å². The summed E-state index contributed by atoms with van der Waals surface area (Å²) < 4.78 is 23.7. The summed E-state index contributed by atoms with van der Waals surface area (Å²) in [5.74, 6) is -0.329. The Kier molecular flexibility index (Phi) is 4.35. The molecule has 1 unspecified atom stereocenters. The molecule has 16 heavy (non-hydrogen) atoms. The minimum atomic E-state index is -0.850. The summed E-state index contributed by atoms with van der Waals surface area (Å²) in [5.41, 5.74) is 5.62. The van der Waals surface area contributed by atoms with E-state index in [-0.39, 0.29) is 28.7 Å². The first-order chi connectivity index (χ1) is 7.56. The molecule has 6 heteroatoms. The Morgan fingerprint density at radius 3 is 2.56 bits per heavy atom. The first-order valence-electron chi connectivity index (χ1n) is 4.53. The average Bonchev–Trinajstić information content (AvgIpc) is 2.31. The predicted octanol–water partition coefficient (Wildman–Crippen LogP) is 1.49. The lowest BCUT2D eigenvalue weighted by Gasteiger charge is -2.16. The van der Waals surface area contributed by atoms with Crippen molar-refractivity contribution in [2.75, 3.05) is 20.8 Å². The summed E-state index contributed by atoms with van der Waals surface area (Å²) in [6.07, 6.45) is 0. The molecule has 0 aliphatic rings. The molecule has 90 valence electrons. The Hall–Kier alpha value is -1.04. The van der Waals surface area contributed by atoms with Crippen molar-refractivity contribution in [1.29, 1.82) is 0 Å². The van der Waals surface area contributed by atoms with Crippen molar-refractivity contribution in [2.45, 2.75) is 6.04 Å². The Morgan fingerprint density at radius 2 is 2.12 bits per heavy atom. The fourth-order valence-corrected chi connectivity index (χ4v) is 1.59. The minimum Gasteiger partial charge on any atom is -0.493 e. The van der Waals surface area contributed by atoms with Gasteiger partial charge in [-0.3, -0.25) is 0 Å². The Balaban J connectivity index is 3.38. The van der Waals surface area contributed by atoms with Gasteiger partial charge in [0.15, 0.2) is 17.3 Å². The van der Waals surface area contributed by atoms with Gasteiger partial charge < -0.3 is 20.3 Å². The summed E-state index contributed by atoms with van der Waals surface area (Å²) in [7, 11) is 2.76. The van der Waals surface area contributed by atoms with E-state index in [9.17, 15) is 4.39 Å². The van der Waals surface area contributed by atoms with Gasteiger partial charge in [0.2, 0.25) is 0 Å². The first kappa shape index (κ1) is 13.0. The third kappa shape index (κ3) is 2.21. The van der Waals surface area contributed by atoms with Crippen LogP contribution in [-0.4, -0.2) is 25.9 Å². The smallest absolute Gasteiger partial charge is 0.182 e. The van der Waals surface area contributed by atoms with Gasteiger partial charge in [-0.1, -0.05) is 11.6 Å². The van der Waals surface area contributed by atoms with E-state index in [0.717, 1.165) is 0 Å². The van der Waals surface area contributed by atoms with Crippen molar-refractivity contribution >= 4 is 11.6 Å². The largest absolute Gasteiger partial charge is 0.493 e. The fourth-order valence-electron chi connectivity index (χ4n) is 1.31. The first-order valence-corrected chi connectivity index (χ1v) is 4.90. The number of nitrogens with two attached hydrogens (primary N) is 1. The highest BCUT2D eigenvalue weighted by Gasteiger charge is 2.21. The summed E-state index contributed by atoms with van der Waals surface area (Å²) in [6.45, 7) is -0.386. The number of methoxy groups -OCH3 is 2. The lowest BCUT2D eigenvalue weighted by Crippen LogP contribution is -2.16. The summed E-state index contributed by atoms with van der Waals surface area (Å²) in [5, 5.41) is 8.68. The lowest BCUT2D eigenvalue weighted by molar-refractivity contribution is 0.264. The highest BCUT2D eigenvalue weighted by atomic mass is 35.5. The molecule has 0 saturated heterocycles. The van der Waals surface area contributed by atoms with Gasteiger partial charge in [-0.25, -0.2) is 4.39 Å². The zero-order chi connectivity index (χ0) is 12.3. The zero-order valence-corrected chi connectivity index (χ0v) is 9.71. The van der Waals surface area contributed by atoms with Gasteiger partial charge in [0.25, 0.3) is 0 Å². The molecule has 0 heterocycles. The molecule has 1 atom stereocenters. The number of aliphatic hydroxyl groups excluding tert-OH is 1. The van der Waals surface area contributed by atoms with Gasteiger partial charge in [0, 0.05) is 5.56 Å². The highest BCUT2D eigenvalue weighted by molar-refractivity contribution is 6.32. The van der Waals surface area contributed by atoms with Gasteiger partial charge in [0.05, 0.1) is 26.9 Å². The Morgan fingerprint density at radius 1 is 1.50 bits per heavy atom. The van der Waals surface area contributed by atoms with Gasteiger partial charge in [0.1, 0.15) is 5.02 Å². The number of aliphatic hydroxyl groups is 1. The van der Waals surface area contributed by atoms with Crippen LogP contribution < -0.4 is 15.2 Å². The molecule has 0 radical (unpaired) electrons. The van der Waals surface area contributed by atoms with E-state index in [2.05, 4.69) is 0 Å². The van der Waals surface area contributed by atoms with Crippen LogP contribution in [0.4, 0.5) is 4.39 Å². The topological polar surface area (TPSA) is 64.7 Å². The van der Waals surface area contributed by atoms with E-state index in [1.807, 2.05) is 0 Å². The second-order valence-corrected chi connectivity index (χ2v) is 3.50. The molecule has 0 aliphatic heterocycles. The van der Waals surface area contributed by atoms with Crippen molar-refractivity contribution in [3.05, 3.63) is 22.5 Å². The van der Waals surface area contributed by atoms with Crippen molar-refractivity contribution in [1.82, 2.24) is 0 Å². The van der Waals surface area contributed by atoms with E-state index in [0.29, 0.717) is 0 Å². The molecule has 0 spiro atoms. The van der Waals surface area contributed by atoms with Crippen LogP contribution >= 0.6 is 11.6 Å². The van der Waals surface area contributed by atoms with Crippen molar-refractivity contribution in [3.63, 3.8) is 0 Å². The SMILES string of the molecule is COc1cc(C(N)CO)c(F)c(Cl)c1OC. The normalized spacial score (nSPS) is 12.4. The van der Waals surface area contributed by atoms with E-state index in [1.165, 1.54) is 20.3 Å². The third-order valence-corrected chi connectivity index (χ3v) is 2.51. The second kappa shape index (κ2) is 5.34. The molecule has 0 aromatic heterocycles. The van der Waals surface area contributed by atoms with Crippen LogP contribution in [0.25, 0.3) is 0 Å². The molecular formula is C10H13ClFNO3. The fraction of sp³-hybridized carbons (Fsp3) is 0.400. The Labute approximate surface area is 97.7 Å². The van der Waals surface area contributed by atoms with E-state index >= 15 is 0 Å². The van der Waals surface area contributed by atoms with E-state index in [4.69, 9.17) is 31.9 Å². The number of halogens is 2. The van der Waals surface area contributed by atoms with Crippen LogP contribution in [0.15, 0.2) is 6.07 Å². The maximum Gasteiger partial charge on any atom is 0.182 e. The van der Waals surface area contributed by atoms with Crippen LogP contribution in [-0.2, 0) is 0 Å². The average molecular weight is 250 g/mol. The maximum absolute atomic E-state index is 13.7. The minimum absolute atomic E-state index is 0.0881. The monoisotopic (exact) mass is 249 g/mol. The quantitative estimate of drug-likeness (QED) is 0.849. The van der Waals surface area contributed by atoms with Gasteiger partial charge in [-0.15, -0.1) is 0 Å². The summed E-state index contributed by atoms with van der Waals surface area (Å²) >= 11 is 5.77. The zero-order valence-electron chi connectivity index (χ0n) is 8.96. The number of hydrogen-bond acceptors (Lipinski definition) is 4. The molecule has 0 amide bonds. The number of benzene rings is 1. The molecule has 0 fully saturated rings. The van der Waals surface area contributed by atoms with Gasteiger partial charge in [-0.05, 0) is 6.07 Å². The molecule has 1 aromatic rings. The number of hydrogen-bond donors (Lipinski definition) is 2. The molecule has 1 aromatic carbocycles. The van der Waals surface area contributed by atoms with Crippen LogP contribution in [0.3, 0.4) is 0 Å². The molecule has 0 bridgehead atoms. The van der Waals surface area contributed by atoms with E-state index in [1.54, 1.807) is 0 Å². The van der Waals surface area contributed by atoms with Crippen molar-refractivity contribution in [3.8, 4) is 11.5 Å².